The molecule has 0 fully saturated rings. The van der Waals surface area contributed by atoms with Gasteiger partial charge in [0.25, 0.3) is 0 Å². The first kappa shape index (κ1) is 11.0. The summed E-state index contributed by atoms with van der Waals surface area (Å²) in [5, 5.41) is 8.35. The second-order valence-electron chi connectivity index (χ2n) is 2.33. The van der Waals surface area contributed by atoms with Crippen molar-refractivity contribution in [3.63, 3.8) is 0 Å². The number of carboxylic acids is 1. The Balaban J connectivity index is 2.56. The van der Waals surface area contributed by atoms with Gasteiger partial charge < -0.3 is 9.52 Å². The largest absolute Gasteiger partial charge is 0.475 e. The van der Waals surface area contributed by atoms with Gasteiger partial charge in [-0.1, -0.05) is 11.8 Å². The van der Waals surface area contributed by atoms with E-state index in [9.17, 15) is 18.0 Å². The number of alkyl halides is 3. The molecule has 1 aromatic rings. The monoisotopic (exact) mass is 226 g/mol. The zero-order chi connectivity index (χ0) is 10.8. The number of carboxylic acid groups (broad SMARTS) is 1. The molecule has 3 nitrogen and oxygen atoms in total. The van der Waals surface area contributed by atoms with E-state index in [-0.39, 0.29) is 10.9 Å². The van der Waals surface area contributed by atoms with Crippen LogP contribution in [0, 0.1) is 0 Å². The number of thioether (sulfide) groups is 1. The number of rotatable bonds is 3. The van der Waals surface area contributed by atoms with Gasteiger partial charge in [-0.2, -0.15) is 13.2 Å². The maximum atomic E-state index is 11.7. The second-order valence-corrected chi connectivity index (χ2v) is 3.31. The van der Waals surface area contributed by atoms with Crippen LogP contribution in [0.4, 0.5) is 13.2 Å². The summed E-state index contributed by atoms with van der Waals surface area (Å²) in [6.07, 6.45) is -4.29. The number of aromatic carboxylic acids is 1. The van der Waals surface area contributed by atoms with Gasteiger partial charge in [0.2, 0.25) is 5.76 Å². The molecular weight excluding hydrogens is 221 g/mol. The highest BCUT2D eigenvalue weighted by atomic mass is 32.2. The zero-order valence-electron chi connectivity index (χ0n) is 6.67. The van der Waals surface area contributed by atoms with Crippen LogP contribution in [-0.4, -0.2) is 23.0 Å². The van der Waals surface area contributed by atoms with Crippen molar-refractivity contribution in [2.45, 2.75) is 11.3 Å². The molecule has 0 atom stereocenters. The molecular formula is C7H5F3O3S. The van der Waals surface area contributed by atoms with Crippen molar-refractivity contribution in [1.29, 1.82) is 0 Å². The van der Waals surface area contributed by atoms with E-state index in [0.29, 0.717) is 11.8 Å². The molecule has 0 aromatic carbocycles. The predicted molar refractivity (Wildman–Crippen MR) is 42.4 cm³/mol. The van der Waals surface area contributed by atoms with E-state index in [2.05, 4.69) is 4.42 Å². The van der Waals surface area contributed by atoms with Crippen molar-refractivity contribution in [3.8, 4) is 0 Å². The highest BCUT2D eigenvalue weighted by molar-refractivity contribution is 7.99. The summed E-state index contributed by atoms with van der Waals surface area (Å²) in [5.74, 6) is -2.77. The molecule has 0 amide bonds. The van der Waals surface area contributed by atoms with E-state index in [0.717, 1.165) is 6.07 Å². The summed E-state index contributed by atoms with van der Waals surface area (Å²) in [6, 6.07) is 2.31. The Labute approximate surface area is 80.9 Å². The third-order valence-electron chi connectivity index (χ3n) is 1.17. The van der Waals surface area contributed by atoms with Crippen LogP contribution in [0.1, 0.15) is 10.6 Å². The number of carbonyl (C=O) groups is 1. The summed E-state index contributed by atoms with van der Waals surface area (Å²) >= 11 is 0.411. The molecule has 0 saturated heterocycles. The number of hydrogen-bond donors (Lipinski definition) is 1. The highest BCUT2D eigenvalue weighted by Crippen LogP contribution is 2.28. The molecule has 1 aromatic heterocycles. The standard InChI is InChI=1S/C7H5F3O3S/c8-7(9,10)3-14-5-2-1-4(13-5)6(11)12/h1-2H,3H2,(H,11,12). The predicted octanol–water partition coefficient (Wildman–Crippen LogP) is 2.63. The molecule has 0 aliphatic carbocycles. The van der Waals surface area contributed by atoms with E-state index in [4.69, 9.17) is 5.11 Å². The van der Waals surface area contributed by atoms with Crippen LogP contribution >= 0.6 is 11.8 Å². The topological polar surface area (TPSA) is 50.4 Å². The van der Waals surface area contributed by atoms with Crippen LogP contribution in [0.5, 0.6) is 0 Å². The minimum Gasteiger partial charge on any atom is -0.475 e. The lowest BCUT2D eigenvalue weighted by Crippen LogP contribution is -2.10. The normalized spacial score (nSPS) is 11.6. The Kier molecular flexibility index (Phi) is 3.10. The van der Waals surface area contributed by atoms with E-state index >= 15 is 0 Å². The average molecular weight is 226 g/mol. The molecule has 0 radical (unpaired) electrons. The Bertz CT molecular complexity index is 331. The van der Waals surface area contributed by atoms with Gasteiger partial charge in [-0.05, 0) is 12.1 Å². The fourth-order valence-electron chi connectivity index (χ4n) is 0.666. The van der Waals surface area contributed by atoms with Gasteiger partial charge in [0.15, 0.2) is 5.09 Å². The fourth-order valence-corrected chi connectivity index (χ4v) is 1.28. The van der Waals surface area contributed by atoms with Gasteiger partial charge in [-0.15, -0.1) is 0 Å². The maximum Gasteiger partial charge on any atom is 0.398 e. The second kappa shape index (κ2) is 3.95. The molecule has 0 aliphatic heterocycles. The Hall–Kier alpha value is -1.11. The molecule has 0 spiro atoms. The van der Waals surface area contributed by atoms with Crippen molar-refractivity contribution >= 4 is 17.7 Å². The molecule has 0 saturated carbocycles. The van der Waals surface area contributed by atoms with Crippen molar-refractivity contribution in [3.05, 3.63) is 17.9 Å². The van der Waals surface area contributed by atoms with E-state index in [1.54, 1.807) is 0 Å². The number of hydrogen-bond acceptors (Lipinski definition) is 3. The molecule has 14 heavy (non-hydrogen) atoms. The summed E-state index contributed by atoms with van der Waals surface area (Å²) < 4.78 is 39.8. The minimum absolute atomic E-state index is 0.0558. The summed E-state index contributed by atoms with van der Waals surface area (Å²) in [6.45, 7) is 0. The lowest BCUT2D eigenvalue weighted by molar-refractivity contribution is -0.105. The van der Waals surface area contributed by atoms with Crippen LogP contribution in [0.25, 0.3) is 0 Å². The highest BCUT2D eigenvalue weighted by Gasteiger charge is 2.28. The SMILES string of the molecule is O=C(O)c1ccc(SCC(F)(F)F)o1. The van der Waals surface area contributed by atoms with Gasteiger partial charge >= 0.3 is 12.1 Å². The lowest BCUT2D eigenvalue weighted by Gasteiger charge is -2.02. The van der Waals surface area contributed by atoms with E-state index < -0.39 is 17.9 Å². The van der Waals surface area contributed by atoms with Crippen molar-refractivity contribution in [2.75, 3.05) is 5.75 Å². The van der Waals surface area contributed by atoms with E-state index in [1.807, 2.05) is 0 Å². The lowest BCUT2D eigenvalue weighted by atomic mass is 10.5. The molecule has 7 heteroatoms. The quantitative estimate of drug-likeness (QED) is 0.805. The zero-order valence-corrected chi connectivity index (χ0v) is 7.48. The molecule has 0 aliphatic rings. The summed E-state index contributed by atoms with van der Waals surface area (Å²) in [5.41, 5.74) is 0. The van der Waals surface area contributed by atoms with Crippen LogP contribution in [0.15, 0.2) is 21.6 Å². The van der Waals surface area contributed by atoms with Crippen LogP contribution in [-0.2, 0) is 0 Å². The molecule has 1 heterocycles. The van der Waals surface area contributed by atoms with Crippen molar-refractivity contribution in [2.24, 2.45) is 0 Å². The molecule has 1 rings (SSSR count). The van der Waals surface area contributed by atoms with E-state index in [1.165, 1.54) is 6.07 Å². The van der Waals surface area contributed by atoms with Crippen LogP contribution < -0.4 is 0 Å². The van der Waals surface area contributed by atoms with Gasteiger partial charge in [0.1, 0.15) is 0 Å². The van der Waals surface area contributed by atoms with Crippen molar-refractivity contribution in [1.82, 2.24) is 0 Å². The van der Waals surface area contributed by atoms with Gasteiger partial charge in [-0.25, -0.2) is 4.79 Å². The molecule has 0 bridgehead atoms. The maximum absolute atomic E-state index is 11.7. The molecule has 78 valence electrons. The number of furan rings is 1. The fraction of sp³-hybridized carbons (Fsp3) is 0.286. The third kappa shape index (κ3) is 3.33. The van der Waals surface area contributed by atoms with Gasteiger partial charge in [0.05, 0.1) is 5.75 Å². The van der Waals surface area contributed by atoms with Crippen LogP contribution in [0.3, 0.4) is 0 Å². The number of halogens is 3. The Morgan fingerprint density at radius 1 is 1.50 bits per heavy atom. The Morgan fingerprint density at radius 2 is 2.14 bits per heavy atom. The minimum atomic E-state index is -4.29. The molecule has 0 unspecified atom stereocenters. The first-order chi connectivity index (χ1) is 6.38. The van der Waals surface area contributed by atoms with Crippen LogP contribution in [0.2, 0.25) is 0 Å². The third-order valence-corrected chi connectivity index (χ3v) is 2.15. The first-order valence-corrected chi connectivity index (χ1v) is 4.40. The first-order valence-electron chi connectivity index (χ1n) is 3.41. The smallest absolute Gasteiger partial charge is 0.398 e. The van der Waals surface area contributed by atoms with Gasteiger partial charge in [-0.3, -0.25) is 0 Å². The molecule has 1 N–H and O–H groups in total. The Morgan fingerprint density at radius 3 is 2.57 bits per heavy atom. The summed E-state index contributed by atoms with van der Waals surface area (Å²) in [7, 11) is 0. The van der Waals surface area contributed by atoms with Crippen molar-refractivity contribution < 1.29 is 27.5 Å². The van der Waals surface area contributed by atoms with Gasteiger partial charge in [0, 0.05) is 0 Å². The average Bonchev–Trinajstić information content (AvgIpc) is 2.47. The summed E-state index contributed by atoms with van der Waals surface area (Å²) in [4.78, 5) is 10.3.